The van der Waals surface area contributed by atoms with E-state index in [1.807, 2.05) is 48.5 Å². The SMILES string of the molecule is O=C(Cn1nnc2ccccc21)Nc1ccccc1-c1cn2c(n1)CCCC2. The lowest BCUT2D eigenvalue weighted by Crippen LogP contribution is -2.20. The molecule has 1 N–H and O–H groups in total. The number of anilines is 1. The number of rotatable bonds is 4. The van der Waals surface area contributed by atoms with E-state index in [1.165, 1.54) is 12.8 Å². The van der Waals surface area contributed by atoms with Crippen molar-refractivity contribution in [2.24, 2.45) is 0 Å². The van der Waals surface area contributed by atoms with Crippen LogP contribution in [0, 0.1) is 0 Å². The fourth-order valence-electron chi connectivity index (χ4n) is 3.72. The zero-order valence-electron chi connectivity index (χ0n) is 15.4. The third-order valence-electron chi connectivity index (χ3n) is 5.10. The summed E-state index contributed by atoms with van der Waals surface area (Å²) in [5, 5.41) is 11.2. The Morgan fingerprint density at radius 2 is 1.93 bits per heavy atom. The highest BCUT2D eigenvalue weighted by molar-refractivity contribution is 5.95. The number of amides is 1. The molecule has 0 atom stereocenters. The predicted octanol–water partition coefficient (Wildman–Crippen LogP) is 3.27. The number of hydrogen-bond donors (Lipinski definition) is 1. The monoisotopic (exact) mass is 372 g/mol. The molecule has 2 aromatic heterocycles. The third kappa shape index (κ3) is 3.05. The van der Waals surface area contributed by atoms with Crippen LogP contribution in [0.15, 0.2) is 54.7 Å². The van der Waals surface area contributed by atoms with Gasteiger partial charge in [0.05, 0.1) is 16.9 Å². The highest BCUT2D eigenvalue weighted by Crippen LogP contribution is 2.29. The van der Waals surface area contributed by atoms with Crippen molar-refractivity contribution in [1.82, 2.24) is 24.5 Å². The first-order valence-corrected chi connectivity index (χ1v) is 9.51. The first-order valence-electron chi connectivity index (χ1n) is 9.51. The van der Waals surface area contributed by atoms with Crippen molar-refractivity contribution in [1.29, 1.82) is 0 Å². The van der Waals surface area contributed by atoms with Crippen molar-refractivity contribution in [2.75, 3.05) is 5.32 Å². The first-order chi connectivity index (χ1) is 13.8. The normalized spacial score (nSPS) is 13.4. The maximum absolute atomic E-state index is 12.7. The molecule has 0 bridgehead atoms. The smallest absolute Gasteiger partial charge is 0.246 e. The van der Waals surface area contributed by atoms with Crippen LogP contribution in [-0.4, -0.2) is 30.5 Å². The van der Waals surface area contributed by atoms with Gasteiger partial charge in [0.2, 0.25) is 5.91 Å². The predicted molar refractivity (Wildman–Crippen MR) is 107 cm³/mol. The van der Waals surface area contributed by atoms with Crippen LogP contribution < -0.4 is 5.32 Å². The van der Waals surface area contributed by atoms with E-state index in [4.69, 9.17) is 4.98 Å². The van der Waals surface area contributed by atoms with Crippen molar-refractivity contribution in [3.8, 4) is 11.3 Å². The fraction of sp³-hybridized carbons (Fsp3) is 0.238. The standard InChI is InChI=1S/C21H20N6O/c28-21(14-27-19-10-4-3-9-17(19)24-25-27)23-16-8-2-1-7-15(16)18-13-26-12-6-5-11-20(26)22-18/h1-4,7-10,13H,5-6,11-12,14H2,(H,23,28). The van der Waals surface area contributed by atoms with Gasteiger partial charge in [-0.1, -0.05) is 35.5 Å². The molecule has 3 heterocycles. The zero-order valence-corrected chi connectivity index (χ0v) is 15.4. The van der Waals surface area contributed by atoms with Gasteiger partial charge >= 0.3 is 0 Å². The molecule has 7 nitrogen and oxygen atoms in total. The number of nitrogens with zero attached hydrogens (tertiary/aromatic N) is 5. The minimum Gasteiger partial charge on any atom is -0.334 e. The third-order valence-corrected chi connectivity index (χ3v) is 5.10. The molecule has 1 amide bonds. The van der Waals surface area contributed by atoms with E-state index < -0.39 is 0 Å². The summed E-state index contributed by atoms with van der Waals surface area (Å²) >= 11 is 0. The van der Waals surface area contributed by atoms with Gasteiger partial charge in [0.25, 0.3) is 0 Å². The summed E-state index contributed by atoms with van der Waals surface area (Å²) in [5.41, 5.74) is 4.21. The van der Waals surface area contributed by atoms with Gasteiger partial charge in [-0.05, 0) is 31.0 Å². The van der Waals surface area contributed by atoms with E-state index in [-0.39, 0.29) is 12.5 Å². The number of aryl methyl sites for hydroxylation is 2. The minimum absolute atomic E-state index is 0.106. The van der Waals surface area contributed by atoms with E-state index in [1.54, 1.807) is 4.68 Å². The number of fused-ring (bicyclic) bond motifs is 2. The van der Waals surface area contributed by atoms with E-state index in [2.05, 4.69) is 26.4 Å². The van der Waals surface area contributed by atoms with Gasteiger partial charge in [0.15, 0.2) is 0 Å². The van der Waals surface area contributed by atoms with E-state index in [9.17, 15) is 4.79 Å². The molecule has 0 saturated carbocycles. The number of benzene rings is 2. The lowest BCUT2D eigenvalue weighted by molar-refractivity contribution is -0.116. The molecule has 28 heavy (non-hydrogen) atoms. The molecule has 0 saturated heterocycles. The fourth-order valence-corrected chi connectivity index (χ4v) is 3.72. The average Bonchev–Trinajstić information content (AvgIpc) is 3.33. The quantitative estimate of drug-likeness (QED) is 0.596. The van der Waals surface area contributed by atoms with Crippen molar-refractivity contribution < 1.29 is 4.79 Å². The van der Waals surface area contributed by atoms with Crippen LogP contribution in [0.3, 0.4) is 0 Å². The van der Waals surface area contributed by atoms with Gasteiger partial charge in [-0.2, -0.15) is 0 Å². The number of carbonyl (C=O) groups excluding carboxylic acids is 1. The number of para-hydroxylation sites is 2. The van der Waals surface area contributed by atoms with Crippen LogP contribution in [0.2, 0.25) is 0 Å². The Morgan fingerprint density at radius 1 is 1.07 bits per heavy atom. The van der Waals surface area contributed by atoms with Crippen molar-refractivity contribution in [3.63, 3.8) is 0 Å². The largest absolute Gasteiger partial charge is 0.334 e. The molecule has 2 aromatic carbocycles. The molecule has 5 rings (SSSR count). The Balaban J connectivity index is 1.40. The number of imidazole rings is 1. The van der Waals surface area contributed by atoms with Crippen molar-refractivity contribution in [2.45, 2.75) is 32.4 Å². The number of carbonyl (C=O) groups is 1. The maximum atomic E-state index is 12.7. The Bertz CT molecular complexity index is 1140. The van der Waals surface area contributed by atoms with Gasteiger partial charge in [0, 0.05) is 24.7 Å². The lowest BCUT2D eigenvalue weighted by Gasteiger charge is -2.11. The van der Waals surface area contributed by atoms with Gasteiger partial charge in [-0.15, -0.1) is 5.10 Å². The molecule has 0 aliphatic carbocycles. The molecule has 7 heteroatoms. The van der Waals surface area contributed by atoms with Crippen LogP contribution in [0.25, 0.3) is 22.3 Å². The Morgan fingerprint density at radius 3 is 2.86 bits per heavy atom. The molecule has 0 spiro atoms. The molecular weight excluding hydrogens is 352 g/mol. The van der Waals surface area contributed by atoms with E-state index in [0.29, 0.717) is 0 Å². The molecule has 4 aromatic rings. The summed E-state index contributed by atoms with van der Waals surface area (Å²) in [6, 6.07) is 15.4. The zero-order chi connectivity index (χ0) is 18.9. The molecular formula is C21H20N6O. The van der Waals surface area contributed by atoms with Crippen LogP contribution >= 0.6 is 0 Å². The van der Waals surface area contributed by atoms with Crippen LogP contribution in [0.4, 0.5) is 5.69 Å². The Kier molecular flexibility index (Phi) is 4.12. The van der Waals surface area contributed by atoms with Crippen LogP contribution in [-0.2, 0) is 24.3 Å². The topological polar surface area (TPSA) is 77.6 Å². The average molecular weight is 372 g/mol. The summed E-state index contributed by atoms with van der Waals surface area (Å²) in [4.78, 5) is 17.5. The van der Waals surface area contributed by atoms with Crippen LogP contribution in [0.1, 0.15) is 18.7 Å². The minimum atomic E-state index is -0.146. The summed E-state index contributed by atoms with van der Waals surface area (Å²) in [6.07, 6.45) is 5.46. The molecule has 0 unspecified atom stereocenters. The van der Waals surface area contributed by atoms with Gasteiger partial charge in [-0.3, -0.25) is 4.79 Å². The number of hydrogen-bond acceptors (Lipinski definition) is 4. The molecule has 1 aliphatic heterocycles. The molecule has 0 radical (unpaired) electrons. The van der Waals surface area contributed by atoms with Gasteiger partial charge in [0.1, 0.15) is 17.9 Å². The summed E-state index contributed by atoms with van der Waals surface area (Å²) in [6.45, 7) is 1.12. The molecule has 0 fully saturated rings. The number of nitrogens with one attached hydrogen (secondary N) is 1. The lowest BCUT2D eigenvalue weighted by atomic mass is 10.1. The van der Waals surface area contributed by atoms with Crippen molar-refractivity contribution in [3.05, 3.63) is 60.6 Å². The first kappa shape index (κ1) is 16.7. The van der Waals surface area contributed by atoms with E-state index >= 15 is 0 Å². The van der Waals surface area contributed by atoms with E-state index in [0.717, 1.165) is 46.8 Å². The maximum Gasteiger partial charge on any atom is 0.246 e. The van der Waals surface area contributed by atoms with Gasteiger partial charge in [-0.25, -0.2) is 9.67 Å². The van der Waals surface area contributed by atoms with Crippen LogP contribution in [0.5, 0.6) is 0 Å². The summed E-state index contributed by atoms with van der Waals surface area (Å²) < 4.78 is 3.83. The van der Waals surface area contributed by atoms with Gasteiger partial charge < -0.3 is 9.88 Å². The second-order valence-corrected chi connectivity index (χ2v) is 7.02. The summed E-state index contributed by atoms with van der Waals surface area (Å²) in [7, 11) is 0. The molecule has 140 valence electrons. The highest BCUT2D eigenvalue weighted by Gasteiger charge is 2.16. The second-order valence-electron chi connectivity index (χ2n) is 7.02. The summed E-state index contributed by atoms with van der Waals surface area (Å²) in [5.74, 6) is 0.976. The molecule has 1 aliphatic rings. The highest BCUT2D eigenvalue weighted by atomic mass is 16.2. The second kappa shape index (κ2) is 6.92. The number of aromatic nitrogens is 5. The van der Waals surface area contributed by atoms with Crippen molar-refractivity contribution >= 4 is 22.6 Å². The Labute approximate surface area is 162 Å². The Hall–Kier alpha value is -3.48.